The molecule has 0 N–H and O–H groups in total. The number of thiazole rings is 1. The van der Waals surface area contributed by atoms with Gasteiger partial charge in [-0.15, -0.1) is 0 Å². The molecule has 8 heteroatoms. The molecular formula is C24H27BN4O2S. The van der Waals surface area contributed by atoms with Gasteiger partial charge in [-0.05, 0) is 63.5 Å². The van der Waals surface area contributed by atoms with Crippen LogP contribution in [0.2, 0.25) is 0 Å². The Bertz CT molecular complexity index is 1160. The van der Waals surface area contributed by atoms with Crippen LogP contribution in [-0.2, 0) is 9.31 Å². The van der Waals surface area contributed by atoms with Crippen LogP contribution < -0.4 is 15.3 Å². The Hall–Kier alpha value is -2.60. The van der Waals surface area contributed by atoms with Crippen LogP contribution in [-0.4, -0.2) is 49.5 Å². The number of nitrogens with zero attached hydrogens (tertiary/aromatic N) is 4. The van der Waals surface area contributed by atoms with E-state index in [0.717, 1.165) is 47.0 Å². The summed E-state index contributed by atoms with van der Waals surface area (Å²) in [6, 6.07) is 16.5. The van der Waals surface area contributed by atoms with Gasteiger partial charge in [0.15, 0.2) is 5.13 Å². The Balaban J connectivity index is 1.23. The predicted octanol–water partition coefficient (Wildman–Crippen LogP) is 3.79. The molecule has 2 fully saturated rings. The van der Waals surface area contributed by atoms with Crippen LogP contribution in [0.3, 0.4) is 0 Å². The normalized spacial score (nSPS) is 20.0. The first-order chi connectivity index (χ1) is 15.3. The number of fused-ring (bicyclic) bond motifs is 1. The van der Waals surface area contributed by atoms with E-state index >= 15 is 0 Å². The second kappa shape index (κ2) is 7.77. The third-order valence-electron chi connectivity index (χ3n) is 6.84. The van der Waals surface area contributed by atoms with E-state index in [1.165, 1.54) is 5.69 Å². The van der Waals surface area contributed by atoms with E-state index in [1.807, 2.05) is 18.2 Å². The lowest BCUT2D eigenvalue weighted by atomic mass is 9.79. The molecule has 2 aromatic carbocycles. The van der Waals surface area contributed by atoms with Gasteiger partial charge in [-0.3, -0.25) is 0 Å². The van der Waals surface area contributed by atoms with Gasteiger partial charge in [0.25, 0.3) is 0 Å². The lowest BCUT2D eigenvalue weighted by molar-refractivity contribution is 0.00578. The highest BCUT2D eigenvalue weighted by molar-refractivity contribution is 7.22. The molecule has 0 unspecified atom stereocenters. The summed E-state index contributed by atoms with van der Waals surface area (Å²) in [4.78, 5) is 9.52. The number of rotatable bonds is 3. The number of aromatic nitrogens is 1. The first-order valence-corrected chi connectivity index (χ1v) is 11.8. The van der Waals surface area contributed by atoms with E-state index in [9.17, 15) is 0 Å². The molecule has 0 aliphatic carbocycles. The Morgan fingerprint density at radius 3 is 2.19 bits per heavy atom. The number of benzene rings is 2. The minimum absolute atomic E-state index is 0.327. The Morgan fingerprint density at radius 2 is 1.56 bits per heavy atom. The molecule has 3 aromatic rings. The molecule has 5 rings (SSSR count). The highest BCUT2D eigenvalue weighted by atomic mass is 32.1. The second-order valence-corrected chi connectivity index (χ2v) is 10.5. The van der Waals surface area contributed by atoms with Gasteiger partial charge in [-0.25, -0.2) is 4.98 Å². The van der Waals surface area contributed by atoms with Crippen molar-refractivity contribution in [3.8, 4) is 6.07 Å². The lowest BCUT2D eigenvalue weighted by Gasteiger charge is -2.36. The molecule has 0 atom stereocenters. The summed E-state index contributed by atoms with van der Waals surface area (Å²) in [6.45, 7) is 12.0. The van der Waals surface area contributed by atoms with Gasteiger partial charge in [0.05, 0.1) is 33.1 Å². The lowest BCUT2D eigenvalue weighted by Crippen LogP contribution is -2.46. The molecule has 2 aliphatic rings. The third-order valence-corrected chi connectivity index (χ3v) is 7.92. The smallest absolute Gasteiger partial charge is 0.399 e. The molecule has 2 aliphatic heterocycles. The van der Waals surface area contributed by atoms with Crippen molar-refractivity contribution in [3.05, 3.63) is 48.0 Å². The van der Waals surface area contributed by atoms with Gasteiger partial charge >= 0.3 is 7.12 Å². The maximum atomic E-state index is 9.12. The van der Waals surface area contributed by atoms with E-state index in [1.54, 1.807) is 11.3 Å². The molecule has 0 saturated carbocycles. The average Bonchev–Trinajstić information content (AvgIpc) is 3.30. The van der Waals surface area contributed by atoms with Crippen molar-refractivity contribution in [2.24, 2.45) is 0 Å². The van der Waals surface area contributed by atoms with Crippen LogP contribution in [0.15, 0.2) is 42.5 Å². The van der Waals surface area contributed by atoms with Crippen molar-refractivity contribution in [1.82, 2.24) is 4.98 Å². The summed E-state index contributed by atoms with van der Waals surface area (Å²) in [7, 11) is -0.327. The summed E-state index contributed by atoms with van der Waals surface area (Å²) >= 11 is 1.66. The van der Waals surface area contributed by atoms with Crippen molar-refractivity contribution in [1.29, 1.82) is 5.26 Å². The van der Waals surface area contributed by atoms with Crippen molar-refractivity contribution < 1.29 is 9.31 Å². The van der Waals surface area contributed by atoms with E-state index < -0.39 is 0 Å². The van der Waals surface area contributed by atoms with Gasteiger partial charge in [0, 0.05) is 31.9 Å². The number of hydrogen-bond donors (Lipinski definition) is 0. The molecule has 6 nitrogen and oxygen atoms in total. The summed E-state index contributed by atoms with van der Waals surface area (Å²) in [5.41, 5.74) is 3.25. The first-order valence-electron chi connectivity index (χ1n) is 11.0. The fourth-order valence-corrected chi connectivity index (χ4v) is 5.15. The van der Waals surface area contributed by atoms with Crippen LogP contribution in [0, 0.1) is 11.3 Å². The molecule has 0 radical (unpaired) electrons. The van der Waals surface area contributed by atoms with Crippen molar-refractivity contribution in [2.45, 2.75) is 38.9 Å². The topological polar surface area (TPSA) is 61.6 Å². The van der Waals surface area contributed by atoms with Gasteiger partial charge < -0.3 is 19.1 Å². The Labute approximate surface area is 193 Å². The minimum Gasteiger partial charge on any atom is -0.399 e. The zero-order valence-corrected chi connectivity index (χ0v) is 19.8. The monoisotopic (exact) mass is 446 g/mol. The van der Waals surface area contributed by atoms with Gasteiger partial charge in [-0.1, -0.05) is 23.5 Å². The molecule has 0 amide bonds. The summed E-state index contributed by atoms with van der Waals surface area (Å²) in [6.07, 6.45) is 0. The third kappa shape index (κ3) is 3.75. The summed E-state index contributed by atoms with van der Waals surface area (Å²) in [5.74, 6) is 0. The van der Waals surface area contributed by atoms with Crippen LogP contribution in [0.1, 0.15) is 33.3 Å². The number of nitriles is 1. The van der Waals surface area contributed by atoms with Crippen molar-refractivity contribution in [3.63, 3.8) is 0 Å². The molecule has 0 bridgehead atoms. The Kier molecular flexibility index (Phi) is 5.16. The number of piperazine rings is 1. The minimum atomic E-state index is -0.330. The van der Waals surface area contributed by atoms with Crippen LogP contribution in [0.5, 0.6) is 0 Å². The fraction of sp³-hybridized carbons (Fsp3) is 0.417. The zero-order chi connectivity index (χ0) is 22.5. The standard InChI is InChI=1S/C24H27BN4O2S/c1-23(2)24(3,4)31-25(30-23)18-6-8-19(9-7-18)28-11-13-29(14-12-28)22-27-20-10-5-17(16-26)15-21(20)32-22/h5-10,15H,11-14H2,1-4H3. The van der Waals surface area contributed by atoms with E-state index in [0.29, 0.717) is 5.56 Å². The van der Waals surface area contributed by atoms with E-state index in [-0.39, 0.29) is 18.3 Å². The predicted molar refractivity (Wildman–Crippen MR) is 131 cm³/mol. The molecule has 1 aromatic heterocycles. The van der Waals surface area contributed by atoms with Gasteiger partial charge in [-0.2, -0.15) is 5.26 Å². The first kappa shape index (κ1) is 21.3. The second-order valence-electron chi connectivity index (χ2n) is 9.44. The zero-order valence-electron chi connectivity index (χ0n) is 19.0. The quantitative estimate of drug-likeness (QED) is 0.571. The van der Waals surface area contributed by atoms with Crippen LogP contribution in [0.4, 0.5) is 10.8 Å². The van der Waals surface area contributed by atoms with Crippen molar-refractivity contribution >= 4 is 45.0 Å². The highest BCUT2D eigenvalue weighted by Gasteiger charge is 2.51. The highest BCUT2D eigenvalue weighted by Crippen LogP contribution is 2.36. The van der Waals surface area contributed by atoms with Crippen LogP contribution >= 0.6 is 11.3 Å². The summed E-state index contributed by atoms with van der Waals surface area (Å²) in [5, 5.41) is 10.2. The van der Waals surface area contributed by atoms with E-state index in [2.05, 4.69) is 67.8 Å². The fourth-order valence-electron chi connectivity index (χ4n) is 4.09. The Morgan fingerprint density at radius 1 is 0.938 bits per heavy atom. The van der Waals surface area contributed by atoms with Crippen molar-refractivity contribution in [2.75, 3.05) is 36.0 Å². The largest absolute Gasteiger partial charge is 0.494 e. The molecule has 2 saturated heterocycles. The number of anilines is 2. The van der Waals surface area contributed by atoms with Gasteiger partial charge in [0.1, 0.15) is 0 Å². The summed E-state index contributed by atoms with van der Waals surface area (Å²) < 4.78 is 13.4. The van der Waals surface area contributed by atoms with E-state index in [4.69, 9.17) is 19.6 Å². The molecule has 32 heavy (non-hydrogen) atoms. The molecular weight excluding hydrogens is 419 g/mol. The molecule has 164 valence electrons. The maximum Gasteiger partial charge on any atom is 0.494 e. The SMILES string of the molecule is CC1(C)OB(c2ccc(N3CCN(c4nc5ccc(C#N)cc5s4)CC3)cc2)OC1(C)C. The molecule has 0 spiro atoms. The van der Waals surface area contributed by atoms with Gasteiger partial charge in [0.2, 0.25) is 0 Å². The van der Waals surface area contributed by atoms with Crippen LogP contribution in [0.25, 0.3) is 10.2 Å². The molecule has 3 heterocycles. The average molecular weight is 446 g/mol. The maximum absolute atomic E-state index is 9.12. The number of hydrogen-bond acceptors (Lipinski definition) is 7.